The summed E-state index contributed by atoms with van der Waals surface area (Å²) in [4.78, 5) is 33.1. The molecule has 0 radical (unpaired) electrons. The van der Waals surface area contributed by atoms with E-state index in [4.69, 9.17) is 26.2 Å². The van der Waals surface area contributed by atoms with Gasteiger partial charge in [0.2, 0.25) is 0 Å². The van der Waals surface area contributed by atoms with Crippen LogP contribution in [0.1, 0.15) is 43.7 Å². The van der Waals surface area contributed by atoms with Crippen LogP contribution in [0.4, 0.5) is 5.69 Å². The highest BCUT2D eigenvalue weighted by molar-refractivity contribution is 6.32. The smallest absolute Gasteiger partial charge is 0.305 e. The van der Waals surface area contributed by atoms with Crippen LogP contribution in [-0.2, 0) is 9.59 Å². The largest absolute Gasteiger partial charge is 0.481 e. The van der Waals surface area contributed by atoms with Gasteiger partial charge in [-0.1, -0.05) is 24.9 Å². The summed E-state index contributed by atoms with van der Waals surface area (Å²) in [5, 5.41) is 9.21. The van der Waals surface area contributed by atoms with Gasteiger partial charge in [0.1, 0.15) is 11.5 Å². The van der Waals surface area contributed by atoms with Gasteiger partial charge < -0.3 is 19.5 Å². The molecule has 29 heavy (non-hydrogen) atoms. The van der Waals surface area contributed by atoms with Gasteiger partial charge >= 0.3 is 5.97 Å². The van der Waals surface area contributed by atoms with Gasteiger partial charge in [0, 0.05) is 25.0 Å². The number of amides is 1. The number of anilines is 1. The number of carboxylic acids is 1. The summed E-state index contributed by atoms with van der Waals surface area (Å²) in [6.45, 7) is 3.81. The maximum Gasteiger partial charge on any atom is 0.305 e. The second-order valence-corrected chi connectivity index (χ2v) is 7.15. The van der Waals surface area contributed by atoms with Crippen LogP contribution in [-0.4, -0.2) is 40.1 Å². The minimum absolute atomic E-state index is 0.0384. The number of benzene rings is 1. The number of carbonyl (C=O) groups excluding carboxylic acids is 1. The fraction of sp³-hybridized carbons (Fsp3) is 0.400. The predicted molar refractivity (Wildman–Crippen MR) is 107 cm³/mol. The summed E-state index contributed by atoms with van der Waals surface area (Å²) in [6, 6.07) is 3.18. The molecule has 0 aliphatic carbocycles. The molecule has 1 N–H and O–H groups in total. The molecular weight excluding hydrogens is 398 g/mol. The maximum atomic E-state index is 12.2. The van der Waals surface area contributed by atoms with E-state index in [-0.39, 0.29) is 36.6 Å². The lowest BCUT2D eigenvalue weighted by atomic mass is 10.1. The highest BCUT2D eigenvalue weighted by atomic mass is 35.5. The van der Waals surface area contributed by atoms with Gasteiger partial charge in [0.25, 0.3) is 5.91 Å². The number of hydrogen-bond donors (Lipinski definition) is 1. The van der Waals surface area contributed by atoms with Crippen LogP contribution in [0.25, 0.3) is 0 Å². The molecule has 0 saturated heterocycles. The average molecular weight is 420 g/mol. The minimum Gasteiger partial charge on any atom is -0.481 e. The highest BCUT2D eigenvalue weighted by Crippen LogP contribution is 2.42. The molecule has 9 heteroatoms. The summed E-state index contributed by atoms with van der Waals surface area (Å²) in [5.74, 6) is 0.0539. The second-order valence-electron chi connectivity index (χ2n) is 6.74. The Morgan fingerprint density at radius 1 is 1.38 bits per heavy atom. The molecule has 1 atom stereocenters. The number of nitrogens with zero attached hydrogens (tertiary/aromatic N) is 3. The summed E-state index contributed by atoms with van der Waals surface area (Å²) >= 11 is 6.42. The summed E-state index contributed by atoms with van der Waals surface area (Å²) in [7, 11) is 0. The third kappa shape index (κ3) is 4.95. The van der Waals surface area contributed by atoms with Crippen LogP contribution in [0.3, 0.4) is 0 Å². The van der Waals surface area contributed by atoms with Gasteiger partial charge in [-0.15, -0.1) is 0 Å². The molecule has 0 fully saturated rings. The Morgan fingerprint density at radius 2 is 2.10 bits per heavy atom. The van der Waals surface area contributed by atoms with Gasteiger partial charge in [-0.25, -0.2) is 9.97 Å². The van der Waals surface area contributed by atoms with E-state index < -0.39 is 5.97 Å². The Bertz CT molecular complexity index is 904. The van der Waals surface area contributed by atoms with Crippen LogP contribution < -0.4 is 14.4 Å². The number of fused-ring (bicyclic) bond motifs is 1. The molecule has 8 nitrogen and oxygen atoms in total. The number of aliphatic carboxylic acids is 1. The van der Waals surface area contributed by atoms with Crippen LogP contribution in [0.15, 0.2) is 24.5 Å². The van der Waals surface area contributed by atoms with Crippen LogP contribution >= 0.6 is 11.6 Å². The number of aryl methyl sites for hydroxylation is 1. The number of aromatic nitrogens is 2. The fourth-order valence-corrected chi connectivity index (χ4v) is 3.17. The topological polar surface area (TPSA) is 102 Å². The number of ether oxygens (including phenoxy) is 2. The van der Waals surface area contributed by atoms with Crippen LogP contribution in [0, 0.1) is 6.92 Å². The first-order chi connectivity index (χ1) is 13.9. The average Bonchev–Trinajstić information content (AvgIpc) is 2.68. The molecule has 0 bridgehead atoms. The SMILES string of the molecule is CCC[C@H](Oc1cc2c(cc1Cl)N(CCC(=O)O)C(=O)CO2)c1ncc(C)cn1. The van der Waals surface area contributed by atoms with Crippen molar-refractivity contribution in [3.05, 3.63) is 40.9 Å². The van der Waals surface area contributed by atoms with E-state index in [1.807, 2.05) is 13.8 Å². The van der Waals surface area contributed by atoms with Gasteiger partial charge in [-0.2, -0.15) is 0 Å². The summed E-state index contributed by atoms with van der Waals surface area (Å²) in [5.41, 5.74) is 1.38. The van der Waals surface area contributed by atoms with Crippen LogP contribution in [0.5, 0.6) is 11.5 Å². The molecule has 1 aliphatic rings. The number of carbonyl (C=O) groups is 2. The van der Waals surface area contributed by atoms with Crippen molar-refractivity contribution in [1.29, 1.82) is 0 Å². The van der Waals surface area contributed by atoms with E-state index in [0.717, 1.165) is 12.0 Å². The minimum atomic E-state index is -0.989. The Morgan fingerprint density at radius 3 is 2.76 bits per heavy atom. The Labute approximate surface area is 173 Å². The number of rotatable bonds is 8. The lowest BCUT2D eigenvalue weighted by Crippen LogP contribution is -2.40. The quantitative estimate of drug-likeness (QED) is 0.697. The normalized spacial score (nSPS) is 14.2. The van der Waals surface area contributed by atoms with E-state index in [9.17, 15) is 9.59 Å². The zero-order valence-electron chi connectivity index (χ0n) is 16.2. The van der Waals surface area contributed by atoms with Gasteiger partial charge in [-0.3, -0.25) is 9.59 Å². The molecule has 0 saturated carbocycles. The standard InChI is InChI=1S/C20H22ClN3O5/c1-3-4-15(20-22-9-12(2)10-23-20)29-16-8-17-14(7-13(16)21)24(6-5-19(26)27)18(25)11-28-17/h7-10,15H,3-6,11H2,1-2H3,(H,26,27)/t15-/m0/s1. The number of halogens is 1. The van der Waals surface area contributed by atoms with Crippen molar-refractivity contribution in [2.45, 2.75) is 39.2 Å². The lowest BCUT2D eigenvalue weighted by molar-refractivity contribution is -0.136. The Hall–Kier alpha value is -2.87. The summed E-state index contributed by atoms with van der Waals surface area (Å²) < 4.78 is 11.6. The van der Waals surface area contributed by atoms with Gasteiger partial charge in [-0.05, 0) is 25.0 Å². The molecule has 0 spiro atoms. The van der Waals surface area contributed by atoms with Gasteiger partial charge in [0.05, 0.1) is 17.1 Å². The molecule has 1 aromatic heterocycles. The third-order valence-electron chi connectivity index (χ3n) is 4.41. The first-order valence-corrected chi connectivity index (χ1v) is 9.70. The predicted octanol–water partition coefficient (Wildman–Crippen LogP) is 3.56. The van der Waals surface area contributed by atoms with Crippen LogP contribution in [0.2, 0.25) is 5.02 Å². The molecule has 2 aromatic rings. The number of carboxylic acid groups (broad SMARTS) is 1. The Balaban J connectivity index is 1.88. The lowest BCUT2D eigenvalue weighted by Gasteiger charge is -2.30. The van der Waals surface area contributed by atoms with Gasteiger partial charge in [0.15, 0.2) is 18.5 Å². The number of hydrogen-bond acceptors (Lipinski definition) is 6. The molecule has 2 heterocycles. The van der Waals surface area contributed by atoms with Crippen molar-refractivity contribution in [2.75, 3.05) is 18.1 Å². The first-order valence-electron chi connectivity index (χ1n) is 9.32. The van der Waals surface area contributed by atoms with E-state index in [1.54, 1.807) is 24.5 Å². The maximum absolute atomic E-state index is 12.2. The molecule has 1 aromatic carbocycles. The third-order valence-corrected chi connectivity index (χ3v) is 4.71. The zero-order valence-corrected chi connectivity index (χ0v) is 17.0. The van der Waals surface area contributed by atoms with E-state index in [0.29, 0.717) is 29.4 Å². The van der Waals surface area contributed by atoms with Crippen molar-refractivity contribution in [3.63, 3.8) is 0 Å². The fourth-order valence-electron chi connectivity index (χ4n) is 2.97. The first kappa shape index (κ1) is 20.9. The van der Waals surface area contributed by atoms with E-state index in [1.165, 1.54) is 4.90 Å². The summed E-state index contributed by atoms with van der Waals surface area (Å²) in [6.07, 6.45) is 4.46. The molecular formula is C20H22ClN3O5. The zero-order chi connectivity index (χ0) is 21.0. The van der Waals surface area contributed by atoms with Crippen molar-refractivity contribution >= 4 is 29.2 Å². The van der Waals surface area contributed by atoms with Crippen molar-refractivity contribution in [1.82, 2.24) is 9.97 Å². The highest BCUT2D eigenvalue weighted by Gasteiger charge is 2.28. The second kappa shape index (κ2) is 9.09. The molecule has 1 amide bonds. The van der Waals surface area contributed by atoms with E-state index >= 15 is 0 Å². The Kier molecular flexibility index (Phi) is 6.53. The molecule has 154 valence electrons. The van der Waals surface area contributed by atoms with Crippen molar-refractivity contribution < 1.29 is 24.2 Å². The molecule has 3 rings (SSSR count). The van der Waals surface area contributed by atoms with Crippen molar-refractivity contribution in [3.8, 4) is 11.5 Å². The molecule has 1 aliphatic heterocycles. The van der Waals surface area contributed by atoms with E-state index in [2.05, 4.69) is 9.97 Å². The van der Waals surface area contributed by atoms with Crippen molar-refractivity contribution in [2.24, 2.45) is 0 Å². The molecule has 0 unspecified atom stereocenters. The monoisotopic (exact) mass is 419 g/mol.